The number of thioether (sulfide) groups is 1. The third-order valence-corrected chi connectivity index (χ3v) is 2.69. The van der Waals surface area contributed by atoms with Crippen molar-refractivity contribution in [3.05, 3.63) is 24.0 Å². The van der Waals surface area contributed by atoms with E-state index in [-0.39, 0.29) is 12.5 Å². The van der Waals surface area contributed by atoms with Crippen molar-refractivity contribution in [1.82, 2.24) is 9.88 Å². The minimum atomic E-state index is -0.170. The molecule has 0 unspecified atom stereocenters. The minimum absolute atomic E-state index is 0.0366. The number of rotatable bonds is 4. The zero-order valence-corrected chi connectivity index (χ0v) is 9.62. The lowest BCUT2D eigenvalue weighted by Crippen LogP contribution is -2.30. The van der Waals surface area contributed by atoms with E-state index >= 15 is 0 Å². The van der Waals surface area contributed by atoms with Gasteiger partial charge in [0.25, 0.3) is 5.91 Å². The molecule has 4 nitrogen and oxygen atoms in total. The van der Waals surface area contributed by atoms with E-state index in [1.165, 1.54) is 4.90 Å². The summed E-state index contributed by atoms with van der Waals surface area (Å²) in [4.78, 5) is 18.2. The van der Waals surface area contributed by atoms with Crippen molar-refractivity contribution in [2.24, 2.45) is 0 Å². The fourth-order valence-electron chi connectivity index (χ4n) is 1.07. The molecule has 0 aliphatic rings. The predicted octanol–water partition coefficient (Wildman–Crippen LogP) is 0.868. The maximum absolute atomic E-state index is 11.7. The normalized spacial score (nSPS) is 10.1. The summed E-state index contributed by atoms with van der Waals surface area (Å²) >= 11 is 1.58. The van der Waals surface area contributed by atoms with Crippen LogP contribution in [0, 0.1) is 0 Å². The molecule has 1 N–H and O–H groups in total. The van der Waals surface area contributed by atoms with Crippen molar-refractivity contribution < 1.29 is 9.90 Å². The molecule has 0 spiro atoms. The summed E-state index contributed by atoms with van der Waals surface area (Å²) in [5.41, 5.74) is 0.406. The van der Waals surface area contributed by atoms with Crippen LogP contribution in [0.5, 0.6) is 0 Å². The second kappa shape index (κ2) is 5.72. The van der Waals surface area contributed by atoms with Crippen LogP contribution in [-0.4, -0.2) is 47.4 Å². The van der Waals surface area contributed by atoms with Crippen molar-refractivity contribution in [3.63, 3.8) is 0 Å². The third kappa shape index (κ3) is 3.21. The molecule has 0 aliphatic carbocycles. The first-order valence-corrected chi connectivity index (χ1v) is 5.78. The summed E-state index contributed by atoms with van der Waals surface area (Å²) in [6, 6.07) is 3.56. The first-order chi connectivity index (χ1) is 7.19. The number of amides is 1. The summed E-state index contributed by atoms with van der Waals surface area (Å²) in [7, 11) is 1.64. The Balaban J connectivity index is 2.73. The lowest BCUT2D eigenvalue weighted by molar-refractivity contribution is 0.0761. The van der Waals surface area contributed by atoms with Crippen LogP contribution < -0.4 is 0 Å². The molecule has 1 rings (SSSR count). The molecular weight excluding hydrogens is 212 g/mol. The number of aromatic nitrogens is 1. The quantitative estimate of drug-likeness (QED) is 0.774. The summed E-state index contributed by atoms with van der Waals surface area (Å²) in [6.07, 6.45) is 3.63. The first-order valence-electron chi connectivity index (χ1n) is 4.55. The van der Waals surface area contributed by atoms with Crippen LogP contribution in [0.15, 0.2) is 23.2 Å². The highest BCUT2D eigenvalue weighted by atomic mass is 32.2. The molecule has 0 bridgehead atoms. The summed E-state index contributed by atoms with van der Waals surface area (Å²) in [6.45, 7) is 0.288. The van der Waals surface area contributed by atoms with Gasteiger partial charge in [-0.25, -0.2) is 4.98 Å². The molecule has 1 aromatic rings. The van der Waals surface area contributed by atoms with E-state index in [1.54, 1.807) is 31.1 Å². The molecule has 5 heteroatoms. The van der Waals surface area contributed by atoms with E-state index in [9.17, 15) is 4.79 Å². The molecule has 0 aromatic carbocycles. The topological polar surface area (TPSA) is 53.4 Å². The Bertz CT molecular complexity index is 327. The molecule has 1 amide bonds. The number of nitrogens with zero attached hydrogens (tertiary/aromatic N) is 2. The van der Waals surface area contributed by atoms with Gasteiger partial charge in [-0.05, 0) is 18.4 Å². The van der Waals surface area contributed by atoms with Crippen LogP contribution in [0.4, 0.5) is 0 Å². The molecule has 0 fully saturated rings. The van der Waals surface area contributed by atoms with Gasteiger partial charge in [-0.1, -0.05) is 0 Å². The maximum atomic E-state index is 11.7. The highest BCUT2D eigenvalue weighted by Crippen LogP contribution is 2.13. The number of hydrogen-bond acceptors (Lipinski definition) is 4. The van der Waals surface area contributed by atoms with Gasteiger partial charge in [0.2, 0.25) is 0 Å². The minimum Gasteiger partial charge on any atom is -0.395 e. The Labute approximate surface area is 93.3 Å². The highest BCUT2D eigenvalue weighted by molar-refractivity contribution is 7.98. The van der Waals surface area contributed by atoms with E-state index in [1.807, 2.05) is 12.3 Å². The van der Waals surface area contributed by atoms with Crippen molar-refractivity contribution >= 4 is 17.7 Å². The van der Waals surface area contributed by atoms with Crippen molar-refractivity contribution in [2.45, 2.75) is 4.90 Å². The molecule has 15 heavy (non-hydrogen) atoms. The first kappa shape index (κ1) is 12.0. The van der Waals surface area contributed by atoms with Gasteiger partial charge in [0, 0.05) is 24.7 Å². The van der Waals surface area contributed by atoms with Gasteiger partial charge in [0.05, 0.1) is 6.61 Å². The molecule has 1 aromatic heterocycles. The van der Waals surface area contributed by atoms with Crippen LogP contribution in [0.25, 0.3) is 0 Å². The second-order valence-corrected chi connectivity index (χ2v) is 3.91. The van der Waals surface area contributed by atoms with Crippen LogP contribution in [0.2, 0.25) is 0 Å². The summed E-state index contributed by atoms with van der Waals surface area (Å²) in [5, 5.41) is 8.70. The van der Waals surface area contributed by atoms with Crippen LogP contribution in [0.3, 0.4) is 0 Å². The number of likely N-dealkylation sites (N-methyl/N-ethyl adjacent to an activating group) is 1. The number of aliphatic hydroxyl groups is 1. The Morgan fingerprint density at radius 2 is 2.33 bits per heavy atom. The molecule has 0 saturated carbocycles. The molecule has 1 heterocycles. The van der Waals surface area contributed by atoms with E-state index in [0.717, 1.165) is 4.90 Å². The summed E-state index contributed by atoms with van der Waals surface area (Å²) < 4.78 is 0. The number of pyridine rings is 1. The lowest BCUT2D eigenvalue weighted by Gasteiger charge is -2.14. The van der Waals surface area contributed by atoms with Gasteiger partial charge in [0.1, 0.15) is 5.69 Å². The second-order valence-electron chi connectivity index (χ2n) is 3.03. The van der Waals surface area contributed by atoms with E-state index in [2.05, 4.69) is 4.98 Å². The van der Waals surface area contributed by atoms with E-state index in [4.69, 9.17) is 5.11 Å². The van der Waals surface area contributed by atoms with Crippen LogP contribution in [-0.2, 0) is 0 Å². The maximum Gasteiger partial charge on any atom is 0.272 e. The van der Waals surface area contributed by atoms with Gasteiger partial charge in [-0.2, -0.15) is 0 Å². The molecule has 82 valence electrons. The zero-order chi connectivity index (χ0) is 11.3. The average molecular weight is 226 g/mol. The highest BCUT2D eigenvalue weighted by Gasteiger charge is 2.11. The standard InChI is InChI=1S/C10H14N2O2S/c1-12(5-6-13)10(14)9-4-3-8(15-2)7-11-9/h3-4,7,13H,5-6H2,1-2H3. The van der Waals surface area contributed by atoms with Crippen molar-refractivity contribution in [2.75, 3.05) is 26.5 Å². The average Bonchev–Trinajstić information content (AvgIpc) is 2.28. The van der Waals surface area contributed by atoms with Gasteiger partial charge in [-0.15, -0.1) is 11.8 Å². The fraction of sp³-hybridized carbons (Fsp3) is 0.400. The molecule has 0 radical (unpaired) electrons. The van der Waals surface area contributed by atoms with Gasteiger partial charge in [0.15, 0.2) is 0 Å². The van der Waals surface area contributed by atoms with Crippen LogP contribution >= 0.6 is 11.8 Å². The molecule has 0 saturated heterocycles. The van der Waals surface area contributed by atoms with Crippen molar-refractivity contribution in [3.8, 4) is 0 Å². The Morgan fingerprint density at radius 3 is 2.80 bits per heavy atom. The van der Waals surface area contributed by atoms with Gasteiger partial charge < -0.3 is 10.0 Å². The number of hydrogen-bond donors (Lipinski definition) is 1. The van der Waals surface area contributed by atoms with Crippen LogP contribution in [0.1, 0.15) is 10.5 Å². The molecule has 0 atom stereocenters. The largest absolute Gasteiger partial charge is 0.395 e. The zero-order valence-electron chi connectivity index (χ0n) is 8.80. The Kier molecular flexibility index (Phi) is 4.58. The Hall–Kier alpha value is -1.07. The molecule has 0 aliphatic heterocycles. The number of carbonyl (C=O) groups excluding carboxylic acids is 1. The van der Waals surface area contributed by atoms with Gasteiger partial charge >= 0.3 is 0 Å². The SMILES string of the molecule is CSc1ccc(C(=O)N(C)CCO)nc1. The number of carbonyl (C=O) groups is 1. The van der Waals surface area contributed by atoms with Crippen molar-refractivity contribution in [1.29, 1.82) is 0 Å². The Morgan fingerprint density at radius 1 is 1.60 bits per heavy atom. The van der Waals surface area contributed by atoms with E-state index in [0.29, 0.717) is 12.2 Å². The smallest absolute Gasteiger partial charge is 0.272 e. The van der Waals surface area contributed by atoms with E-state index < -0.39 is 0 Å². The lowest BCUT2D eigenvalue weighted by atomic mass is 10.3. The van der Waals surface area contributed by atoms with Gasteiger partial charge in [-0.3, -0.25) is 4.79 Å². The predicted molar refractivity (Wildman–Crippen MR) is 60.1 cm³/mol. The monoisotopic (exact) mass is 226 g/mol. The summed E-state index contributed by atoms with van der Waals surface area (Å²) in [5.74, 6) is -0.170. The number of aliphatic hydroxyl groups excluding tert-OH is 1. The molecular formula is C10H14N2O2S. The third-order valence-electron chi connectivity index (χ3n) is 1.97. The fourth-order valence-corrected chi connectivity index (χ4v) is 1.44.